The first-order chi connectivity index (χ1) is 6.61. The molecule has 1 amide bonds. The van der Waals surface area contributed by atoms with Gasteiger partial charge in [0.2, 0.25) is 0 Å². The first-order valence-electron chi connectivity index (χ1n) is 4.44. The van der Waals surface area contributed by atoms with E-state index in [2.05, 4.69) is 5.32 Å². The second-order valence-corrected chi connectivity index (χ2v) is 3.04. The van der Waals surface area contributed by atoms with Crippen LogP contribution in [0.2, 0.25) is 0 Å². The molecule has 0 saturated carbocycles. The van der Waals surface area contributed by atoms with E-state index >= 15 is 0 Å². The van der Waals surface area contributed by atoms with Crippen LogP contribution in [0.15, 0.2) is 0 Å². The van der Waals surface area contributed by atoms with E-state index in [1.165, 1.54) is 7.11 Å². The molecule has 0 radical (unpaired) electrons. The number of nitrogens with one attached hydrogen (secondary N) is 1. The number of aliphatic hydroxyl groups is 2. The maximum absolute atomic E-state index is 11.3. The van der Waals surface area contributed by atoms with E-state index in [9.17, 15) is 15.0 Å². The van der Waals surface area contributed by atoms with Crippen LogP contribution in [-0.2, 0) is 14.3 Å². The summed E-state index contributed by atoms with van der Waals surface area (Å²) in [5.74, 6) is -0.446. The summed E-state index contributed by atoms with van der Waals surface area (Å²) in [4.78, 5) is 11.3. The number of likely N-dealkylation sites (N-methyl/N-ethyl adjacent to an activating group) is 1. The molecule has 14 heavy (non-hydrogen) atoms. The highest BCUT2D eigenvalue weighted by atomic mass is 16.7. The molecule has 1 rings (SSSR count). The largest absolute Gasteiger partial charge is 0.387 e. The van der Waals surface area contributed by atoms with Crippen LogP contribution in [0.25, 0.3) is 0 Å². The molecule has 0 aromatic carbocycles. The van der Waals surface area contributed by atoms with Gasteiger partial charge in [-0.25, -0.2) is 0 Å². The van der Waals surface area contributed by atoms with Gasteiger partial charge in [0.15, 0.2) is 12.4 Å². The van der Waals surface area contributed by atoms with Crippen molar-refractivity contribution in [1.29, 1.82) is 0 Å². The first kappa shape index (κ1) is 11.4. The van der Waals surface area contributed by atoms with E-state index in [4.69, 9.17) is 9.47 Å². The third kappa shape index (κ3) is 2.03. The molecule has 0 bridgehead atoms. The van der Waals surface area contributed by atoms with E-state index < -0.39 is 30.5 Å². The van der Waals surface area contributed by atoms with Crippen LogP contribution < -0.4 is 5.32 Å². The molecule has 0 aromatic rings. The molecule has 0 unspecified atom stereocenters. The second kappa shape index (κ2) is 4.70. The number of carbonyl (C=O) groups excluding carboxylic acids is 1. The van der Waals surface area contributed by atoms with Crippen LogP contribution in [0.3, 0.4) is 0 Å². The molecular weight excluding hydrogens is 190 g/mol. The van der Waals surface area contributed by atoms with Gasteiger partial charge in [-0.05, 0) is 6.92 Å². The number of rotatable bonds is 3. The van der Waals surface area contributed by atoms with Gasteiger partial charge in [0.05, 0.1) is 0 Å². The van der Waals surface area contributed by atoms with Gasteiger partial charge in [-0.1, -0.05) is 0 Å². The zero-order valence-electron chi connectivity index (χ0n) is 8.14. The third-order valence-corrected chi connectivity index (χ3v) is 2.06. The first-order valence-corrected chi connectivity index (χ1v) is 4.44. The summed E-state index contributed by atoms with van der Waals surface area (Å²) in [5, 5.41) is 21.3. The van der Waals surface area contributed by atoms with Gasteiger partial charge in [0, 0.05) is 13.7 Å². The topological polar surface area (TPSA) is 88.0 Å². The van der Waals surface area contributed by atoms with Crippen molar-refractivity contribution in [2.75, 3.05) is 13.7 Å². The van der Waals surface area contributed by atoms with E-state index in [1.807, 2.05) is 0 Å². The lowest BCUT2D eigenvalue weighted by Gasteiger charge is -2.12. The minimum absolute atomic E-state index is 0.444. The Labute approximate surface area is 81.8 Å². The lowest BCUT2D eigenvalue weighted by molar-refractivity contribution is -0.160. The summed E-state index contributed by atoms with van der Waals surface area (Å²) in [7, 11) is 1.33. The normalized spacial score (nSPS) is 37.1. The van der Waals surface area contributed by atoms with E-state index in [1.54, 1.807) is 6.92 Å². The van der Waals surface area contributed by atoms with Crippen molar-refractivity contribution in [2.45, 2.75) is 31.5 Å². The number of carbonyl (C=O) groups is 1. The van der Waals surface area contributed by atoms with E-state index in [0.717, 1.165) is 0 Å². The highest BCUT2D eigenvalue weighted by Gasteiger charge is 2.46. The highest BCUT2D eigenvalue weighted by molar-refractivity contribution is 5.81. The van der Waals surface area contributed by atoms with Crippen molar-refractivity contribution in [1.82, 2.24) is 5.32 Å². The minimum Gasteiger partial charge on any atom is -0.387 e. The van der Waals surface area contributed by atoms with Crippen molar-refractivity contribution in [3.63, 3.8) is 0 Å². The Morgan fingerprint density at radius 2 is 2.14 bits per heavy atom. The van der Waals surface area contributed by atoms with Crippen LogP contribution in [0.1, 0.15) is 6.92 Å². The van der Waals surface area contributed by atoms with Gasteiger partial charge in [0.1, 0.15) is 12.2 Å². The Morgan fingerprint density at radius 1 is 1.50 bits per heavy atom. The summed E-state index contributed by atoms with van der Waals surface area (Å²) in [6, 6.07) is 0. The van der Waals surface area contributed by atoms with Crippen molar-refractivity contribution in [3.8, 4) is 0 Å². The summed E-state index contributed by atoms with van der Waals surface area (Å²) in [6.07, 6.45) is -4.44. The second-order valence-electron chi connectivity index (χ2n) is 3.04. The number of ether oxygens (including phenoxy) is 2. The van der Waals surface area contributed by atoms with Crippen LogP contribution in [0, 0.1) is 0 Å². The number of amides is 1. The molecule has 3 N–H and O–H groups in total. The Kier molecular flexibility index (Phi) is 3.82. The number of methoxy groups -OCH3 is 1. The smallest absolute Gasteiger partial charge is 0.252 e. The Bertz CT molecular complexity index is 210. The van der Waals surface area contributed by atoms with E-state index in [-0.39, 0.29) is 0 Å². The summed E-state index contributed by atoms with van der Waals surface area (Å²) < 4.78 is 9.76. The van der Waals surface area contributed by atoms with Crippen molar-refractivity contribution in [2.24, 2.45) is 0 Å². The van der Waals surface area contributed by atoms with Gasteiger partial charge in [-0.3, -0.25) is 4.79 Å². The predicted octanol–water partition coefficient (Wildman–Crippen LogP) is -1.78. The molecule has 0 aliphatic carbocycles. The van der Waals surface area contributed by atoms with Crippen molar-refractivity contribution < 1.29 is 24.5 Å². The molecule has 6 nitrogen and oxygen atoms in total. The fourth-order valence-corrected chi connectivity index (χ4v) is 1.33. The summed E-state index contributed by atoms with van der Waals surface area (Å²) >= 11 is 0. The molecule has 1 fully saturated rings. The van der Waals surface area contributed by atoms with Gasteiger partial charge in [-0.2, -0.15) is 0 Å². The fourth-order valence-electron chi connectivity index (χ4n) is 1.33. The number of hydrogen-bond acceptors (Lipinski definition) is 5. The fraction of sp³-hybridized carbons (Fsp3) is 0.875. The van der Waals surface area contributed by atoms with Crippen molar-refractivity contribution in [3.05, 3.63) is 0 Å². The highest BCUT2D eigenvalue weighted by Crippen LogP contribution is 2.21. The quantitative estimate of drug-likeness (QED) is 0.506. The van der Waals surface area contributed by atoms with Crippen molar-refractivity contribution >= 4 is 5.91 Å². The lowest BCUT2D eigenvalue weighted by Crippen LogP contribution is -2.42. The van der Waals surface area contributed by atoms with Crippen LogP contribution >= 0.6 is 0 Å². The van der Waals surface area contributed by atoms with Crippen LogP contribution in [-0.4, -0.2) is 54.4 Å². The molecule has 1 saturated heterocycles. The Balaban J connectivity index is 2.60. The summed E-state index contributed by atoms with van der Waals surface area (Å²) in [5.41, 5.74) is 0. The molecule has 4 atom stereocenters. The lowest BCUT2D eigenvalue weighted by atomic mass is 10.1. The van der Waals surface area contributed by atoms with Gasteiger partial charge < -0.3 is 25.0 Å². The Morgan fingerprint density at radius 3 is 2.57 bits per heavy atom. The third-order valence-electron chi connectivity index (χ3n) is 2.06. The molecule has 82 valence electrons. The number of aliphatic hydroxyl groups excluding tert-OH is 2. The Hall–Kier alpha value is -0.690. The zero-order chi connectivity index (χ0) is 10.7. The minimum atomic E-state index is -1.24. The monoisotopic (exact) mass is 205 g/mol. The van der Waals surface area contributed by atoms with E-state index in [0.29, 0.717) is 6.54 Å². The molecule has 6 heteroatoms. The average Bonchev–Trinajstić information content (AvgIpc) is 2.44. The van der Waals surface area contributed by atoms with Gasteiger partial charge in [0.25, 0.3) is 5.91 Å². The molecular formula is C8H15NO5. The molecule has 1 aliphatic rings. The molecule has 1 heterocycles. The predicted molar refractivity (Wildman–Crippen MR) is 46.4 cm³/mol. The standard InChI is InChI=1S/C8H15NO5/c1-3-9-7(12)6-4(10)5(11)8(13-2)14-6/h4-6,8,10-11H,3H2,1-2H3,(H,9,12)/t4-,5+,6-,8+/m1/s1. The van der Waals surface area contributed by atoms with Crippen LogP contribution in [0.4, 0.5) is 0 Å². The number of hydrogen-bond donors (Lipinski definition) is 3. The van der Waals surface area contributed by atoms with Crippen LogP contribution in [0.5, 0.6) is 0 Å². The SMILES string of the molecule is CCNC(=O)[C@@H]1O[C@H](OC)[C@@H](O)[C@H]1O. The molecule has 0 aromatic heterocycles. The molecule has 0 spiro atoms. The molecule has 1 aliphatic heterocycles. The maximum Gasteiger partial charge on any atom is 0.252 e. The zero-order valence-corrected chi connectivity index (χ0v) is 8.14. The average molecular weight is 205 g/mol. The van der Waals surface area contributed by atoms with Gasteiger partial charge in [-0.15, -0.1) is 0 Å². The van der Waals surface area contributed by atoms with Gasteiger partial charge >= 0.3 is 0 Å². The maximum atomic E-state index is 11.3. The summed E-state index contributed by atoms with van der Waals surface area (Å²) in [6.45, 7) is 2.20.